The summed E-state index contributed by atoms with van der Waals surface area (Å²) in [5, 5.41) is 35.1. The van der Waals surface area contributed by atoms with Crippen LogP contribution in [0.4, 0.5) is 0 Å². The topological polar surface area (TPSA) is 144 Å². The number of aromatic amines is 1. The van der Waals surface area contributed by atoms with Gasteiger partial charge in [-0.05, 0) is 47.7 Å². The highest BCUT2D eigenvalue weighted by Crippen LogP contribution is 2.51. The van der Waals surface area contributed by atoms with Crippen molar-refractivity contribution in [1.29, 1.82) is 0 Å². The molecule has 5 rings (SSSR count). The van der Waals surface area contributed by atoms with E-state index in [0.717, 1.165) is 48.7 Å². The first-order valence-electron chi connectivity index (χ1n) is 16.0. The molecule has 5 N–H and O–H groups in total. The third kappa shape index (κ3) is 7.03. The van der Waals surface area contributed by atoms with Gasteiger partial charge in [-0.1, -0.05) is 50.8 Å². The zero-order chi connectivity index (χ0) is 31.9. The Kier molecular flexibility index (Phi) is 10.8. The minimum Gasteiger partial charge on any atom is -0.493 e. The van der Waals surface area contributed by atoms with Crippen LogP contribution < -0.4 is 14.8 Å². The van der Waals surface area contributed by atoms with Crippen molar-refractivity contribution in [2.75, 3.05) is 26.8 Å². The van der Waals surface area contributed by atoms with Gasteiger partial charge in [0.25, 0.3) is 0 Å². The average molecular weight is 620 g/mol. The van der Waals surface area contributed by atoms with Crippen molar-refractivity contribution >= 4 is 22.7 Å². The van der Waals surface area contributed by atoms with Crippen molar-refractivity contribution in [2.24, 2.45) is 0 Å². The maximum absolute atomic E-state index is 13.9. The lowest BCUT2D eigenvalue weighted by Crippen LogP contribution is -2.56. The Hall–Kier alpha value is -3.86. The first kappa shape index (κ1) is 32.5. The molecule has 10 nitrogen and oxygen atoms in total. The van der Waals surface area contributed by atoms with Crippen LogP contribution in [0.15, 0.2) is 54.1 Å². The molecule has 4 unspecified atom stereocenters. The molecule has 2 aliphatic rings. The van der Waals surface area contributed by atoms with E-state index in [2.05, 4.69) is 23.3 Å². The van der Waals surface area contributed by atoms with Crippen LogP contribution in [0, 0.1) is 0 Å². The molecule has 0 saturated carbocycles. The Balaban J connectivity index is 1.49. The van der Waals surface area contributed by atoms with Gasteiger partial charge in [0.05, 0.1) is 32.3 Å². The Labute approximate surface area is 264 Å². The molecule has 2 amide bonds. The third-order valence-electron chi connectivity index (χ3n) is 8.88. The van der Waals surface area contributed by atoms with E-state index in [9.17, 15) is 24.9 Å². The predicted molar refractivity (Wildman–Crippen MR) is 171 cm³/mol. The van der Waals surface area contributed by atoms with Crippen LogP contribution in [0.25, 0.3) is 10.9 Å². The van der Waals surface area contributed by atoms with Gasteiger partial charge in [-0.2, -0.15) is 0 Å². The van der Waals surface area contributed by atoms with Crippen LogP contribution in [0.3, 0.4) is 0 Å². The number of aliphatic hydroxyl groups is 3. The summed E-state index contributed by atoms with van der Waals surface area (Å²) in [4.78, 5) is 32.6. The summed E-state index contributed by atoms with van der Waals surface area (Å²) >= 11 is 0. The van der Waals surface area contributed by atoms with Gasteiger partial charge in [0.1, 0.15) is 12.2 Å². The summed E-state index contributed by atoms with van der Waals surface area (Å²) in [5.74, 6) is -0.374. The molecule has 2 aromatic carbocycles. The van der Waals surface area contributed by atoms with Gasteiger partial charge in [-0.25, -0.2) is 0 Å². The Morgan fingerprint density at radius 3 is 2.62 bits per heavy atom. The molecule has 1 aliphatic carbocycles. The molecule has 4 atom stereocenters. The molecule has 0 spiro atoms. The highest BCUT2D eigenvalue weighted by Gasteiger charge is 2.51. The first-order valence-corrected chi connectivity index (χ1v) is 16.0. The molecular weight excluding hydrogens is 574 g/mol. The van der Waals surface area contributed by atoms with Crippen LogP contribution in [0.2, 0.25) is 0 Å². The van der Waals surface area contributed by atoms with Crippen LogP contribution in [0.5, 0.6) is 11.5 Å². The number of aromatic nitrogens is 1. The Bertz CT molecular complexity index is 1480. The second-order valence-corrected chi connectivity index (χ2v) is 11.9. The number of rotatable bonds is 15. The zero-order valence-electron chi connectivity index (χ0n) is 26.1. The maximum Gasteiger partial charge on any atom is 0.247 e. The minimum absolute atomic E-state index is 0.0509. The number of fused-ring (bicyclic) bond motifs is 4. The summed E-state index contributed by atoms with van der Waals surface area (Å²) in [6, 6.07) is 12.7. The number of hydrogen-bond donors (Lipinski definition) is 5. The van der Waals surface area contributed by atoms with Crippen molar-refractivity contribution < 1.29 is 34.4 Å². The van der Waals surface area contributed by atoms with E-state index < -0.39 is 30.1 Å². The number of nitrogens with zero attached hydrogens (tertiary/aromatic N) is 1. The molecule has 1 aliphatic heterocycles. The van der Waals surface area contributed by atoms with Crippen molar-refractivity contribution in [1.82, 2.24) is 15.2 Å². The van der Waals surface area contributed by atoms with E-state index >= 15 is 0 Å². The van der Waals surface area contributed by atoms with Crippen molar-refractivity contribution in [3.05, 3.63) is 70.9 Å². The fourth-order valence-electron chi connectivity index (χ4n) is 6.59. The number of methoxy groups -OCH3 is 1. The molecule has 3 aromatic rings. The van der Waals surface area contributed by atoms with E-state index in [1.54, 1.807) is 23.1 Å². The largest absolute Gasteiger partial charge is 0.493 e. The molecule has 0 bridgehead atoms. The van der Waals surface area contributed by atoms with Crippen molar-refractivity contribution in [2.45, 2.75) is 82.6 Å². The Morgan fingerprint density at radius 2 is 1.89 bits per heavy atom. The smallest absolute Gasteiger partial charge is 0.247 e. The maximum atomic E-state index is 13.9. The average Bonchev–Trinajstić information content (AvgIpc) is 3.66. The van der Waals surface area contributed by atoms with Crippen molar-refractivity contribution in [3.63, 3.8) is 0 Å². The number of carbonyl (C=O) groups excluding carboxylic acids is 2. The van der Waals surface area contributed by atoms with E-state index in [-0.39, 0.29) is 25.7 Å². The predicted octanol–water partition coefficient (Wildman–Crippen LogP) is 3.72. The lowest BCUT2D eigenvalue weighted by Gasteiger charge is -2.40. The quantitative estimate of drug-likeness (QED) is 0.163. The van der Waals surface area contributed by atoms with Gasteiger partial charge in [0.15, 0.2) is 11.5 Å². The van der Waals surface area contributed by atoms with Crippen LogP contribution in [0.1, 0.15) is 68.2 Å². The standard InChI is InChI=1S/C35H45N3O7/c1-3-4-5-6-7-12-30(41)38(15-13-24-19-23-10-8-9-11-27(23)37-24)28-20-26(35(43)36-14-16-39)31-25-17-22(21-40)18-29(44-2)33(25)45-34(31)32(28)42/h8-11,17-20,28,31-32,34,37,39-40,42H,3-7,12-16,21H2,1-2H3,(H,36,43). The number of amides is 2. The molecular formula is C35H45N3O7. The van der Waals surface area contributed by atoms with Gasteiger partial charge in [0.2, 0.25) is 11.8 Å². The SMILES string of the molecule is CCCCCCCC(=O)N(CCc1cc2ccccc2[nH]1)C1C=C(C(=O)NCCO)C2c3cc(CO)cc(OC)c3OC2C1O. The van der Waals surface area contributed by atoms with E-state index in [1.807, 2.05) is 24.3 Å². The third-order valence-corrected chi connectivity index (χ3v) is 8.88. The number of para-hydroxylation sites is 1. The molecule has 0 saturated heterocycles. The number of benzene rings is 2. The minimum atomic E-state index is -1.15. The van der Waals surface area contributed by atoms with Gasteiger partial charge in [0, 0.05) is 48.3 Å². The lowest BCUT2D eigenvalue weighted by atomic mass is 9.77. The number of hydrogen-bond acceptors (Lipinski definition) is 7. The number of H-pyrrole nitrogens is 1. The number of aliphatic hydroxyl groups excluding tert-OH is 3. The summed E-state index contributed by atoms with van der Waals surface area (Å²) in [7, 11) is 1.50. The molecule has 10 heteroatoms. The van der Waals surface area contributed by atoms with E-state index in [4.69, 9.17) is 9.47 Å². The monoisotopic (exact) mass is 619 g/mol. The summed E-state index contributed by atoms with van der Waals surface area (Å²) in [6.45, 7) is 2.05. The molecule has 242 valence electrons. The van der Waals surface area contributed by atoms with Gasteiger partial charge in [-0.15, -0.1) is 0 Å². The lowest BCUT2D eigenvalue weighted by molar-refractivity contribution is -0.137. The Morgan fingerprint density at radius 1 is 1.09 bits per heavy atom. The zero-order valence-corrected chi connectivity index (χ0v) is 26.1. The molecule has 2 heterocycles. The number of carbonyl (C=O) groups is 2. The summed E-state index contributed by atoms with van der Waals surface area (Å²) in [5.41, 5.74) is 3.53. The highest BCUT2D eigenvalue weighted by atomic mass is 16.5. The molecule has 0 radical (unpaired) electrons. The number of nitrogens with one attached hydrogen (secondary N) is 2. The van der Waals surface area contributed by atoms with Gasteiger partial charge in [-0.3, -0.25) is 9.59 Å². The number of ether oxygens (including phenoxy) is 2. The van der Waals surface area contributed by atoms with Gasteiger partial charge < -0.3 is 40.0 Å². The fourth-order valence-corrected chi connectivity index (χ4v) is 6.59. The van der Waals surface area contributed by atoms with Crippen LogP contribution in [-0.4, -0.2) is 82.1 Å². The highest BCUT2D eigenvalue weighted by molar-refractivity contribution is 5.96. The van der Waals surface area contributed by atoms with E-state index in [0.29, 0.717) is 47.6 Å². The molecule has 45 heavy (non-hydrogen) atoms. The second-order valence-electron chi connectivity index (χ2n) is 11.9. The molecule has 1 aromatic heterocycles. The second kappa shape index (κ2) is 14.9. The van der Waals surface area contributed by atoms with E-state index in [1.165, 1.54) is 7.11 Å². The first-order chi connectivity index (χ1) is 21.9. The molecule has 0 fully saturated rings. The summed E-state index contributed by atoms with van der Waals surface area (Å²) in [6.07, 6.45) is 5.52. The normalized spacial score (nSPS) is 20.2. The fraction of sp³-hybridized carbons (Fsp3) is 0.486. The van der Waals surface area contributed by atoms with Gasteiger partial charge >= 0.3 is 0 Å². The van der Waals surface area contributed by atoms with Crippen LogP contribution in [-0.2, 0) is 22.6 Å². The summed E-state index contributed by atoms with van der Waals surface area (Å²) < 4.78 is 11.9. The van der Waals surface area contributed by atoms with Crippen LogP contribution >= 0.6 is 0 Å². The van der Waals surface area contributed by atoms with Crippen molar-refractivity contribution in [3.8, 4) is 11.5 Å². The number of unbranched alkanes of at least 4 members (excludes halogenated alkanes) is 4.